The fourth-order valence-corrected chi connectivity index (χ4v) is 4.51. The number of benzene rings is 2. The third-order valence-electron chi connectivity index (χ3n) is 5.39. The second-order valence-corrected chi connectivity index (χ2v) is 7.77. The van der Waals surface area contributed by atoms with Crippen molar-refractivity contribution in [2.45, 2.75) is 18.8 Å². The molecule has 118 valence electrons. The van der Waals surface area contributed by atoms with Crippen molar-refractivity contribution < 1.29 is 0 Å². The Balaban J connectivity index is 1.85. The van der Waals surface area contributed by atoms with Gasteiger partial charge in [0.1, 0.15) is 0 Å². The van der Waals surface area contributed by atoms with Gasteiger partial charge in [0.05, 0.1) is 0 Å². The lowest BCUT2D eigenvalue weighted by Gasteiger charge is -2.35. The summed E-state index contributed by atoms with van der Waals surface area (Å²) in [6.45, 7) is 2.42. The molecule has 1 atom stereocenters. The van der Waals surface area contributed by atoms with Gasteiger partial charge in [0.15, 0.2) is 0 Å². The number of hydrogen-bond acceptors (Lipinski definition) is 1. The minimum atomic E-state index is 0.502. The number of halogens is 1. The largest absolute Gasteiger partial charge is 0.306 e. The predicted octanol–water partition coefficient (Wildman–Crippen LogP) is 5.41. The van der Waals surface area contributed by atoms with E-state index in [4.69, 9.17) is 0 Å². The van der Waals surface area contributed by atoms with Crippen molar-refractivity contribution in [2.24, 2.45) is 5.92 Å². The van der Waals surface area contributed by atoms with E-state index in [1.165, 1.54) is 52.7 Å². The van der Waals surface area contributed by atoms with Gasteiger partial charge in [-0.1, -0.05) is 58.4 Å². The molecule has 1 unspecified atom stereocenters. The monoisotopic (exact) mass is 367 g/mol. The Kier molecular flexibility index (Phi) is 4.13. The van der Waals surface area contributed by atoms with Crippen LogP contribution in [0.2, 0.25) is 0 Å². The summed E-state index contributed by atoms with van der Waals surface area (Å²) < 4.78 is 1.18. The molecule has 0 N–H and O–H groups in total. The minimum absolute atomic E-state index is 0.502. The predicted molar refractivity (Wildman–Crippen MR) is 102 cm³/mol. The van der Waals surface area contributed by atoms with Gasteiger partial charge < -0.3 is 4.90 Å². The zero-order valence-corrected chi connectivity index (χ0v) is 15.1. The van der Waals surface area contributed by atoms with Crippen molar-refractivity contribution in [3.05, 3.63) is 69.2 Å². The van der Waals surface area contributed by atoms with Crippen molar-refractivity contribution in [3.63, 3.8) is 0 Å². The first-order valence-electron chi connectivity index (χ1n) is 8.47. The highest BCUT2D eigenvalue weighted by atomic mass is 79.9. The van der Waals surface area contributed by atoms with Gasteiger partial charge in [-0.15, -0.1) is 0 Å². The van der Waals surface area contributed by atoms with E-state index in [2.05, 4.69) is 82.5 Å². The average Bonchev–Trinajstić information content (AvgIpc) is 2.72. The van der Waals surface area contributed by atoms with E-state index in [0.29, 0.717) is 5.92 Å². The van der Waals surface area contributed by atoms with Crippen LogP contribution in [0.1, 0.15) is 41.0 Å². The first-order chi connectivity index (χ1) is 11.2. The highest BCUT2D eigenvalue weighted by Crippen LogP contribution is 2.43. The molecule has 2 aromatic carbocycles. The molecule has 0 radical (unpaired) electrons. The van der Waals surface area contributed by atoms with Crippen molar-refractivity contribution in [1.29, 1.82) is 0 Å². The first-order valence-corrected chi connectivity index (χ1v) is 9.26. The fourth-order valence-electron chi connectivity index (χ4n) is 4.13. The van der Waals surface area contributed by atoms with Gasteiger partial charge in [-0.2, -0.15) is 0 Å². The maximum Gasteiger partial charge on any atom is 0.0178 e. The fraction of sp³-hybridized carbons (Fsp3) is 0.333. The molecule has 23 heavy (non-hydrogen) atoms. The van der Waals surface area contributed by atoms with Gasteiger partial charge in [0.25, 0.3) is 0 Å². The summed E-state index contributed by atoms with van der Waals surface area (Å²) >= 11 is 3.68. The number of rotatable bonds is 1. The van der Waals surface area contributed by atoms with Crippen LogP contribution in [0.3, 0.4) is 0 Å². The summed E-state index contributed by atoms with van der Waals surface area (Å²) in [5, 5.41) is 0. The van der Waals surface area contributed by atoms with Crippen LogP contribution in [0, 0.1) is 5.92 Å². The van der Waals surface area contributed by atoms with Crippen LogP contribution in [0.15, 0.2) is 46.9 Å². The van der Waals surface area contributed by atoms with Crippen molar-refractivity contribution >= 4 is 28.1 Å². The highest BCUT2D eigenvalue weighted by Gasteiger charge is 2.31. The normalized spacial score (nSPS) is 21.6. The van der Waals surface area contributed by atoms with Gasteiger partial charge in [-0.05, 0) is 73.3 Å². The Morgan fingerprint density at radius 2 is 1.61 bits per heavy atom. The molecule has 1 nitrogen and oxygen atoms in total. The third-order valence-corrected chi connectivity index (χ3v) is 5.89. The lowest BCUT2D eigenvalue weighted by atomic mass is 9.74. The summed E-state index contributed by atoms with van der Waals surface area (Å²) in [4.78, 5) is 2.46. The smallest absolute Gasteiger partial charge is 0.0178 e. The van der Waals surface area contributed by atoms with Crippen LogP contribution in [0.5, 0.6) is 0 Å². The Morgan fingerprint density at radius 1 is 0.913 bits per heavy atom. The molecule has 1 aliphatic carbocycles. The molecule has 0 amide bonds. The molecule has 4 rings (SSSR count). The van der Waals surface area contributed by atoms with Gasteiger partial charge >= 0.3 is 0 Å². The maximum atomic E-state index is 3.68. The molecular formula is C21H22BrN. The van der Waals surface area contributed by atoms with Gasteiger partial charge in [0, 0.05) is 10.4 Å². The van der Waals surface area contributed by atoms with Gasteiger partial charge in [-0.3, -0.25) is 0 Å². The topological polar surface area (TPSA) is 3.24 Å². The molecule has 2 heteroatoms. The van der Waals surface area contributed by atoms with Crippen LogP contribution in [0.4, 0.5) is 0 Å². The third kappa shape index (κ3) is 2.90. The maximum absolute atomic E-state index is 3.68. The van der Waals surface area contributed by atoms with Crippen LogP contribution in [-0.4, -0.2) is 25.0 Å². The second kappa shape index (κ2) is 6.26. The van der Waals surface area contributed by atoms with Crippen LogP contribution < -0.4 is 0 Å². The molecule has 0 bridgehead atoms. The van der Waals surface area contributed by atoms with E-state index < -0.39 is 0 Å². The van der Waals surface area contributed by atoms with E-state index in [0.717, 1.165) is 5.92 Å². The van der Waals surface area contributed by atoms with E-state index in [1.807, 2.05) is 0 Å². The molecule has 1 heterocycles. The molecule has 2 aliphatic rings. The van der Waals surface area contributed by atoms with Crippen LogP contribution >= 0.6 is 15.9 Å². The van der Waals surface area contributed by atoms with Crippen LogP contribution in [-0.2, 0) is 0 Å². The lowest BCUT2D eigenvalue weighted by molar-refractivity contribution is 0.207. The van der Waals surface area contributed by atoms with Crippen molar-refractivity contribution in [2.75, 3.05) is 20.1 Å². The summed E-state index contributed by atoms with van der Waals surface area (Å²) in [5.74, 6) is 1.22. The van der Waals surface area contributed by atoms with Gasteiger partial charge in [0.2, 0.25) is 0 Å². The van der Waals surface area contributed by atoms with E-state index >= 15 is 0 Å². The number of nitrogens with zero attached hydrogens (tertiary/aromatic N) is 1. The van der Waals surface area contributed by atoms with E-state index in [-0.39, 0.29) is 0 Å². The average molecular weight is 368 g/mol. The number of fused-ring (bicyclic) bond motifs is 2. The number of piperidine rings is 1. The van der Waals surface area contributed by atoms with Gasteiger partial charge in [-0.25, -0.2) is 0 Å². The van der Waals surface area contributed by atoms with Crippen LogP contribution in [0.25, 0.3) is 12.2 Å². The van der Waals surface area contributed by atoms with E-state index in [9.17, 15) is 0 Å². The molecule has 0 aromatic heterocycles. The SMILES string of the molecule is CN1CCC(C2c3ccccc3C=Cc3ccc(Br)cc32)CC1. The Labute approximate surface area is 147 Å². The zero-order chi connectivity index (χ0) is 15.8. The summed E-state index contributed by atoms with van der Waals surface area (Å²) in [6.07, 6.45) is 7.13. The molecule has 0 saturated carbocycles. The quantitative estimate of drug-likeness (QED) is 0.651. The summed E-state index contributed by atoms with van der Waals surface area (Å²) in [6, 6.07) is 15.7. The Bertz CT molecular complexity index is 741. The highest BCUT2D eigenvalue weighted by molar-refractivity contribution is 9.10. The van der Waals surface area contributed by atoms with Crippen molar-refractivity contribution in [3.8, 4) is 0 Å². The number of likely N-dealkylation sites (tertiary alicyclic amines) is 1. The molecule has 1 aliphatic heterocycles. The summed E-state index contributed by atoms with van der Waals surface area (Å²) in [5.41, 5.74) is 5.72. The van der Waals surface area contributed by atoms with E-state index in [1.54, 1.807) is 0 Å². The molecule has 2 aromatic rings. The lowest BCUT2D eigenvalue weighted by Crippen LogP contribution is -2.33. The molecular weight excluding hydrogens is 346 g/mol. The second-order valence-electron chi connectivity index (χ2n) is 6.85. The summed E-state index contributed by atoms with van der Waals surface area (Å²) in [7, 11) is 2.24. The number of hydrogen-bond donors (Lipinski definition) is 0. The molecule has 1 fully saturated rings. The first kappa shape index (κ1) is 15.2. The van der Waals surface area contributed by atoms with Crippen molar-refractivity contribution in [1.82, 2.24) is 4.90 Å². The standard InChI is InChI=1S/C21H22BrN/c1-23-12-10-17(11-13-23)21-19-5-3-2-4-15(19)6-7-16-8-9-18(22)14-20(16)21/h2-9,14,17,21H,10-13H2,1H3. The Morgan fingerprint density at radius 3 is 2.39 bits per heavy atom. The zero-order valence-electron chi connectivity index (χ0n) is 13.5. The Hall–Kier alpha value is -1.38. The molecule has 1 saturated heterocycles. The molecule has 0 spiro atoms. The minimum Gasteiger partial charge on any atom is -0.306 e.